The first-order valence-electron chi connectivity index (χ1n) is 7.61. The lowest BCUT2D eigenvalue weighted by atomic mass is 9.94. The van der Waals surface area contributed by atoms with Crippen LogP contribution in [0.2, 0.25) is 0 Å². The van der Waals surface area contributed by atoms with Gasteiger partial charge >= 0.3 is 0 Å². The Hall–Kier alpha value is -1.60. The maximum absolute atomic E-state index is 3.80. The first kappa shape index (κ1) is 13.4. The summed E-state index contributed by atoms with van der Waals surface area (Å²) in [6, 6.07) is 22.8. The lowest BCUT2D eigenvalue weighted by Crippen LogP contribution is -2.33. The van der Waals surface area contributed by atoms with Crippen LogP contribution in [0.25, 0.3) is 0 Å². The Kier molecular flexibility index (Phi) is 3.88. The molecule has 0 bridgehead atoms. The molecule has 0 unspecified atom stereocenters. The van der Waals surface area contributed by atoms with Crippen molar-refractivity contribution in [2.24, 2.45) is 0 Å². The Morgan fingerprint density at radius 1 is 0.900 bits per heavy atom. The number of hydrogen-bond donors (Lipinski definition) is 1. The van der Waals surface area contributed by atoms with Crippen LogP contribution in [0.3, 0.4) is 0 Å². The van der Waals surface area contributed by atoms with Crippen LogP contribution >= 0.6 is 0 Å². The molecule has 0 aromatic heterocycles. The van der Waals surface area contributed by atoms with Crippen LogP contribution in [0, 0.1) is 0 Å². The number of rotatable bonds is 5. The third kappa shape index (κ3) is 2.94. The van der Waals surface area contributed by atoms with Gasteiger partial charge in [-0.3, -0.25) is 0 Å². The second-order valence-electron chi connectivity index (χ2n) is 6.01. The van der Waals surface area contributed by atoms with Gasteiger partial charge in [-0.15, -0.1) is 0 Å². The summed E-state index contributed by atoms with van der Waals surface area (Å²) in [5.41, 5.74) is 2.90. The summed E-state index contributed by atoms with van der Waals surface area (Å²) < 4.78 is 0. The first-order valence-corrected chi connectivity index (χ1v) is 7.61. The van der Waals surface area contributed by atoms with Crippen molar-refractivity contribution in [3.63, 3.8) is 0 Å². The molecule has 2 aromatic rings. The van der Waals surface area contributed by atoms with Crippen molar-refractivity contribution in [1.29, 1.82) is 0 Å². The Labute approximate surface area is 122 Å². The molecule has 4 atom stereocenters. The fourth-order valence-electron chi connectivity index (χ4n) is 2.98. The molecule has 1 fully saturated rings. The summed E-state index contributed by atoms with van der Waals surface area (Å²) in [4.78, 5) is 0. The van der Waals surface area contributed by atoms with Crippen LogP contribution in [0.15, 0.2) is 60.7 Å². The maximum atomic E-state index is 3.80. The maximum Gasteiger partial charge on any atom is 0.0145 e. The predicted molar refractivity (Wildman–Crippen MR) is 85.0 cm³/mol. The third-order valence-corrected chi connectivity index (χ3v) is 4.57. The van der Waals surface area contributed by atoms with Gasteiger partial charge in [-0.25, -0.2) is 0 Å². The van der Waals surface area contributed by atoms with Crippen molar-refractivity contribution in [3.05, 3.63) is 71.8 Å². The van der Waals surface area contributed by atoms with Gasteiger partial charge in [-0.05, 0) is 30.4 Å². The third-order valence-electron chi connectivity index (χ3n) is 4.57. The zero-order valence-electron chi connectivity index (χ0n) is 12.3. The van der Waals surface area contributed by atoms with Crippen molar-refractivity contribution >= 4 is 0 Å². The molecule has 0 saturated heterocycles. The monoisotopic (exact) mass is 265 g/mol. The van der Waals surface area contributed by atoms with Crippen molar-refractivity contribution in [3.8, 4) is 0 Å². The second kappa shape index (κ2) is 5.80. The van der Waals surface area contributed by atoms with E-state index in [1.807, 2.05) is 0 Å². The molecule has 0 amide bonds. The van der Waals surface area contributed by atoms with Gasteiger partial charge in [0.15, 0.2) is 0 Å². The van der Waals surface area contributed by atoms with Gasteiger partial charge in [0.05, 0.1) is 0 Å². The van der Waals surface area contributed by atoms with E-state index in [0.29, 0.717) is 23.9 Å². The molecule has 0 heterocycles. The van der Waals surface area contributed by atoms with Gasteiger partial charge in [0.2, 0.25) is 0 Å². The topological polar surface area (TPSA) is 12.0 Å². The Bertz CT molecular complexity index is 534. The molecule has 2 aromatic carbocycles. The van der Waals surface area contributed by atoms with Crippen molar-refractivity contribution in [2.45, 2.75) is 44.2 Å². The average Bonchev–Trinajstić information content (AvgIpc) is 3.27. The van der Waals surface area contributed by atoms with E-state index in [-0.39, 0.29) is 0 Å². The summed E-state index contributed by atoms with van der Waals surface area (Å²) in [6.07, 6.45) is 1.27. The van der Waals surface area contributed by atoms with Crippen molar-refractivity contribution in [2.75, 3.05) is 0 Å². The van der Waals surface area contributed by atoms with Crippen LogP contribution in [0.1, 0.15) is 43.2 Å². The average molecular weight is 265 g/mol. The second-order valence-corrected chi connectivity index (χ2v) is 6.01. The molecule has 0 spiro atoms. The fraction of sp³-hybridized carbons (Fsp3) is 0.368. The molecule has 1 nitrogen and oxygen atoms in total. The molecule has 1 aliphatic rings. The Morgan fingerprint density at radius 3 is 2.15 bits per heavy atom. The summed E-state index contributed by atoms with van der Waals surface area (Å²) in [6.45, 7) is 4.62. The fourth-order valence-corrected chi connectivity index (χ4v) is 2.98. The van der Waals surface area contributed by atoms with Gasteiger partial charge < -0.3 is 5.32 Å². The first-order chi connectivity index (χ1) is 9.75. The van der Waals surface area contributed by atoms with Gasteiger partial charge in [-0.1, -0.05) is 67.6 Å². The standard InChI is InChI=1S/C19H23N/c1-14(16-9-5-3-6-10-16)15(2)20-19-13-18(19)17-11-7-4-8-12-17/h3-12,14-15,18-20H,13H2,1-2H3/t14-,15+,18+,19+/m1/s1. The van der Waals surface area contributed by atoms with Crippen LogP contribution in [0.5, 0.6) is 0 Å². The summed E-state index contributed by atoms with van der Waals surface area (Å²) in [5, 5.41) is 3.80. The number of hydrogen-bond acceptors (Lipinski definition) is 1. The van der Waals surface area contributed by atoms with Crippen LogP contribution in [-0.2, 0) is 0 Å². The molecule has 104 valence electrons. The highest BCUT2D eigenvalue weighted by Crippen LogP contribution is 2.41. The molecule has 3 rings (SSSR count). The predicted octanol–water partition coefficient (Wildman–Crippen LogP) is 4.32. The van der Waals surface area contributed by atoms with Gasteiger partial charge in [0, 0.05) is 18.0 Å². The minimum atomic E-state index is 0.510. The van der Waals surface area contributed by atoms with Crippen LogP contribution in [-0.4, -0.2) is 12.1 Å². The number of nitrogens with one attached hydrogen (secondary N) is 1. The molecule has 1 saturated carbocycles. The largest absolute Gasteiger partial charge is 0.310 e. The highest BCUT2D eigenvalue weighted by atomic mass is 15.0. The van der Waals surface area contributed by atoms with Gasteiger partial charge in [-0.2, -0.15) is 0 Å². The van der Waals surface area contributed by atoms with E-state index in [0.717, 1.165) is 0 Å². The zero-order valence-corrected chi connectivity index (χ0v) is 12.3. The molecule has 1 N–H and O–H groups in total. The minimum absolute atomic E-state index is 0.510. The molecular formula is C19H23N. The zero-order chi connectivity index (χ0) is 13.9. The minimum Gasteiger partial charge on any atom is -0.310 e. The Balaban J connectivity index is 1.57. The number of benzene rings is 2. The van der Waals surface area contributed by atoms with E-state index >= 15 is 0 Å². The molecule has 0 radical (unpaired) electrons. The van der Waals surface area contributed by atoms with E-state index in [9.17, 15) is 0 Å². The van der Waals surface area contributed by atoms with E-state index < -0.39 is 0 Å². The normalized spacial score (nSPS) is 24.1. The van der Waals surface area contributed by atoms with Gasteiger partial charge in [0.1, 0.15) is 0 Å². The van der Waals surface area contributed by atoms with Crippen LogP contribution < -0.4 is 5.32 Å². The lowest BCUT2D eigenvalue weighted by molar-refractivity contribution is 0.474. The molecule has 1 aliphatic carbocycles. The van der Waals surface area contributed by atoms with Crippen molar-refractivity contribution < 1.29 is 0 Å². The smallest absolute Gasteiger partial charge is 0.0145 e. The van der Waals surface area contributed by atoms with Crippen molar-refractivity contribution in [1.82, 2.24) is 5.32 Å². The summed E-state index contributed by atoms with van der Waals surface area (Å²) in [7, 11) is 0. The molecule has 1 heteroatoms. The summed E-state index contributed by atoms with van der Waals surface area (Å²) >= 11 is 0. The highest BCUT2D eigenvalue weighted by Gasteiger charge is 2.39. The molecule has 20 heavy (non-hydrogen) atoms. The quantitative estimate of drug-likeness (QED) is 0.848. The van der Waals surface area contributed by atoms with E-state index in [4.69, 9.17) is 0 Å². The van der Waals surface area contributed by atoms with E-state index in [2.05, 4.69) is 79.8 Å². The SMILES string of the molecule is C[C@H](N[C@H]1C[C@H]1c1ccccc1)[C@@H](C)c1ccccc1. The molecule has 0 aliphatic heterocycles. The molecular weight excluding hydrogens is 242 g/mol. The van der Waals surface area contributed by atoms with E-state index in [1.54, 1.807) is 0 Å². The highest BCUT2D eigenvalue weighted by molar-refractivity contribution is 5.28. The summed E-state index contributed by atoms with van der Waals surface area (Å²) in [5.74, 6) is 1.26. The lowest BCUT2D eigenvalue weighted by Gasteiger charge is -2.22. The van der Waals surface area contributed by atoms with E-state index in [1.165, 1.54) is 17.5 Å². The van der Waals surface area contributed by atoms with Crippen LogP contribution in [0.4, 0.5) is 0 Å². The van der Waals surface area contributed by atoms with Gasteiger partial charge in [0.25, 0.3) is 0 Å². The Morgan fingerprint density at radius 2 is 1.50 bits per heavy atom.